The second kappa shape index (κ2) is 7.25. The standard InChI is InChI=1S/C11H13NO5S2/c1-7(2)10(15)17-4-3-16-9(14)5-12-8(13)6-19-11(12)18/h1,3-6H2,2H3. The average molecular weight is 303 g/mol. The summed E-state index contributed by atoms with van der Waals surface area (Å²) in [5.74, 6) is -1.09. The second-order valence-electron chi connectivity index (χ2n) is 3.67. The van der Waals surface area contributed by atoms with Gasteiger partial charge in [0.05, 0.1) is 5.75 Å². The molecule has 19 heavy (non-hydrogen) atoms. The molecule has 6 nitrogen and oxygen atoms in total. The van der Waals surface area contributed by atoms with Gasteiger partial charge in [-0.2, -0.15) is 0 Å². The lowest BCUT2D eigenvalue weighted by Gasteiger charge is -2.13. The first-order valence-electron chi connectivity index (χ1n) is 5.37. The fraction of sp³-hybridized carbons (Fsp3) is 0.455. The Bertz CT molecular complexity index is 419. The Morgan fingerprint density at radius 1 is 1.42 bits per heavy atom. The Hall–Kier alpha value is -1.41. The fourth-order valence-electron chi connectivity index (χ4n) is 1.12. The Kier molecular flexibility index (Phi) is 5.97. The van der Waals surface area contributed by atoms with Gasteiger partial charge in [0.2, 0.25) is 5.91 Å². The highest BCUT2D eigenvalue weighted by Gasteiger charge is 2.28. The monoisotopic (exact) mass is 303 g/mol. The van der Waals surface area contributed by atoms with Crippen LogP contribution in [-0.4, -0.2) is 52.6 Å². The lowest BCUT2D eigenvalue weighted by Crippen LogP contribution is -2.35. The predicted octanol–water partition coefficient (Wildman–Crippen LogP) is 0.509. The Morgan fingerprint density at radius 2 is 2.05 bits per heavy atom. The quantitative estimate of drug-likeness (QED) is 0.306. The zero-order chi connectivity index (χ0) is 14.4. The number of carbonyl (C=O) groups excluding carboxylic acids is 3. The normalized spacial score (nSPS) is 14.5. The van der Waals surface area contributed by atoms with Crippen molar-refractivity contribution in [1.82, 2.24) is 4.90 Å². The summed E-state index contributed by atoms with van der Waals surface area (Å²) < 4.78 is 9.93. The zero-order valence-electron chi connectivity index (χ0n) is 10.3. The van der Waals surface area contributed by atoms with Crippen molar-refractivity contribution < 1.29 is 23.9 Å². The molecular formula is C11H13NO5S2. The molecule has 104 valence electrons. The van der Waals surface area contributed by atoms with Gasteiger partial charge in [0.15, 0.2) is 0 Å². The molecule has 1 rings (SSSR count). The van der Waals surface area contributed by atoms with Gasteiger partial charge in [0, 0.05) is 5.57 Å². The molecule has 0 aromatic carbocycles. The smallest absolute Gasteiger partial charge is 0.333 e. The topological polar surface area (TPSA) is 72.9 Å². The number of rotatable bonds is 6. The number of hydrogen-bond acceptors (Lipinski definition) is 7. The maximum absolute atomic E-state index is 11.4. The van der Waals surface area contributed by atoms with Gasteiger partial charge < -0.3 is 9.47 Å². The van der Waals surface area contributed by atoms with Crippen molar-refractivity contribution in [2.45, 2.75) is 6.92 Å². The third-order valence-corrected chi connectivity index (χ3v) is 3.49. The molecule has 1 aliphatic heterocycles. The minimum absolute atomic E-state index is 0.0510. The molecule has 0 radical (unpaired) electrons. The van der Waals surface area contributed by atoms with Crippen LogP contribution in [0.4, 0.5) is 0 Å². The molecule has 0 spiro atoms. The van der Waals surface area contributed by atoms with Crippen LogP contribution in [0.1, 0.15) is 6.92 Å². The molecule has 0 aromatic rings. The Morgan fingerprint density at radius 3 is 2.58 bits per heavy atom. The first-order valence-corrected chi connectivity index (χ1v) is 6.76. The van der Waals surface area contributed by atoms with Crippen LogP contribution in [0.25, 0.3) is 0 Å². The Labute approximate surface area is 120 Å². The first-order chi connectivity index (χ1) is 8.91. The van der Waals surface area contributed by atoms with Gasteiger partial charge >= 0.3 is 11.9 Å². The number of nitrogens with zero attached hydrogens (tertiary/aromatic N) is 1. The number of thiocarbonyl (C=S) groups is 1. The molecule has 1 amide bonds. The summed E-state index contributed by atoms with van der Waals surface area (Å²) in [4.78, 5) is 35.0. The van der Waals surface area contributed by atoms with Crippen molar-refractivity contribution in [3.63, 3.8) is 0 Å². The fourth-order valence-corrected chi connectivity index (χ4v) is 2.19. The molecule has 1 heterocycles. The van der Waals surface area contributed by atoms with E-state index in [9.17, 15) is 14.4 Å². The van der Waals surface area contributed by atoms with E-state index in [4.69, 9.17) is 21.7 Å². The van der Waals surface area contributed by atoms with Crippen molar-refractivity contribution in [3.8, 4) is 0 Å². The van der Waals surface area contributed by atoms with Crippen LogP contribution in [-0.2, 0) is 23.9 Å². The van der Waals surface area contributed by atoms with Crippen molar-refractivity contribution in [2.24, 2.45) is 0 Å². The number of amides is 1. The lowest BCUT2D eigenvalue weighted by molar-refractivity contribution is -0.151. The summed E-state index contributed by atoms with van der Waals surface area (Å²) >= 11 is 6.13. The van der Waals surface area contributed by atoms with Gasteiger partial charge in [-0.05, 0) is 6.92 Å². The third kappa shape index (κ3) is 4.99. The third-order valence-electron chi connectivity index (χ3n) is 2.06. The molecule has 1 fully saturated rings. The summed E-state index contributed by atoms with van der Waals surface area (Å²) in [6.07, 6.45) is 0. The van der Waals surface area contributed by atoms with E-state index in [0.717, 1.165) is 0 Å². The highest BCUT2D eigenvalue weighted by molar-refractivity contribution is 8.23. The van der Waals surface area contributed by atoms with E-state index in [0.29, 0.717) is 4.32 Å². The molecule has 0 atom stereocenters. The second-order valence-corrected chi connectivity index (χ2v) is 5.28. The molecule has 0 saturated carbocycles. The van der Waals surface area contributed by atoms with E-state index in [1.54, 1.807) is 0 Å². The maximum atomic E-state index is 11.4. The first kappa shape index (κ1) is 15.6. The maximum Gasteiger partial charge on any atom is 0.333 e. The SMILES string of the molecule is C=C(C)C(=O)OCCOC(=O)CN1C(=O)CSC1=S. The number of esters is 2. The molecule has 0 aromatic heterocycles. The summed E-state index contributed by atoms with van der Waals surface area (Å²) in [5.41, 5.74) is 0.274. The molecule has 0 N–H and O–H groups in total. The minimum atomic E-state index is -0.593. The summed E-state index contributed by atoms with van der Waals surface area (Å²) in [5, 5.41) is 0. The number of ether oxygens (including phenoxy) is 2. The van der Waals surface area contributed by atoms with Crippen molar-refractivity contribution in [3.05, 3.63) is 12.2 Å². The van der Waals surface area contributed by atoms with Crippen molar-refractivity contribution in [2.75, 3.05) is 25.5 Å². The molecule has 8 heteroatoms. The predicted molar refractivity (Wildman–Crippen MR) is 73.5 cm³/mol. The van der Waals surface area contributed by atoms with Gasteiger partial charge in [0.25, 0.3) is 0 Å². The van der Waals surface area contributed by atoms with Gasteiger partial charge in [-0.3, -0.25) is 14.5 Å². The van der Waals surface area contributed by atoms with E-state index in [-0.39, 0.29) is 37.0 Å². The lowest BCUT2D eigenvalue weighted by atomic mass is 10.4. The molecular weight excluding hydrogens is 290 g/mol. The van der Waals surface area contributed by atoms with Crippen LogP contribution in [0.2, 0.25) is 0 Å². The Balaban J connectivity index is 2.21. The zero-order valence-corrected chi connectivity index (χ0v) is 12.0. The average Bonchev–Trinajstić information content (AvgIpc) is 2.66. The van der Waals surface area contributed by atoms with Gasteiger partial charge in [-0.15, -0.1) is 0 Å². The molecule has 1 aliphatic rings. The van der Waals surface area contributed by atoms with Crippen LogP contribution >= 0.6 is 24.0 Å². The number of hydrogen-bond donors (Lipinski definition) is 0. The minimum Gasteiger partial charge on any atom is -0.461 e. The van der Waals surface area contributed by atoms with E-state index in [1.165, 1.54) is 23.6 Å². The van der Waals surface area contributed by atoms with Crippen LogP contribution in [0.15, 0.2) is 12.2 Å². The van der Waals surface area contributed by atoms with Gasteiger partial charge in [-0.25, -0.2) is 4.79 Å². The molecule has 0 bridgehead atoms. The summed E-state index contributed by atoms with van der Waals surface area (Å²) in [6.45, 7) is 4.60. The van der Waals surface area contributed by atoms with E-state index < -0.39 is 11.9 Å². The number of thioether (sulfide) groups is 1. The van der Waals surface area contributed by atoms with Crippen molar-refractivity contribution >= 4 is 46.1 Å². The van der Waals surface area contributed by atoms with Crippen molar-refractivity contribution in [1.29, 1.82) is 0 Å². The van der Waals surface area contributed by atoms with E-state index in [2.05, 4.69) is 6.58 Å². The molecule has 1 saturated heterocycles. The van der Waals surface area contributed by atoms with Crippen LogP contribution in [0.3, 0.4) is 0 Å². The van der Waals surface area contributed by atoms with Crippen LogP contribution in [0, 0.1) is 0 Å². The van der Waals surface area contributed by atoms with E-state index in [1.807, 2.05) is 0 Å². The molecule has 0 aliphatic carbocycles. The summed E-state index contributed by atoms with van der Waals surface area (Å²) in [7, 11) is 0. The largest absolute Gasteiger partial charge is 0.461 e. The summed E-state index contributed by atoms with van der Waals surface area (Å²) in [6, 6.07) is 0. The highest BCUT2D eigenvalue weighted by Crippen LogP contribution is 2.18. The molecule has 0 unspecified atom stereocenters. The van der Waals surface area contributed by atoms with Crippen LogP contribution < -0.4 is 0 Å². The highest BCUT2D eigenvalue weighted by atomic mass is 32.2. The van der Waals surface area contributed by atoms with Gasteiger partial charge in [0.1, 0.15) is 24.1 Å². The van der Waals surface area contributed by atoms with Gasteiger partial charge in [-0.1, -0.05) is 30.6 Å². The van der Waals surface area contributed by atoms with Crippen LogP contribution in [0.5, 0.6) is 0 Å². The number of carbonyl (C=O) groups is 3. The van der Waals surface area contributed by atoms with E-state index >= 15 is 0 Å².